The number of nitrogens with zero attached hydrogens (tertiary/aromatic N) is 5. The highest BCUT2D eigenvalue weighted by Gasteiger charge is 2.46. The fourth-order valence-electron chi connectivity index (χ4n) is 3.49. The highest BCUT2D eigenvalue weighted by Crippen LogP contribution is 2.35. The van der Waals surface area contributed by atoms with E-state index < -0.39 is 24.3 Å². The Balaban J connectivity index is 0.000000271. The molecule has 2 aromatic heterocycles. The zero-order valence-corrected chi connectivity index (χ0v) is 18.1. The molecule has 10 nitrogen and oxygen atoms in total. The molecule has 16 heteroatoms. The van der Waals surface area contributed by atoms with Crippen molar-refractivity contribution in [1.82, 2.24) is 19.9 Å². The van der Waals surface area contributed by atoms with Crippen molar-refractivity contribution >= 4 is 23.5 Å². The molecule has 36 heavy (non-hydrogen) atoms. The van der Waals surface area contributed by atoms with E-state index in [0.717, 1.165) is 31.9 Å². The van der Waals surface area contributed by atoms with Crippen molar-refractivity contribution in [3.8, 4) is 0 Å². The average Bonchev–Trinajstić information content (AvgIpc) is 3.33. The summed E-state index contributed by atoms with van der Waals surface area (Å²) in [5, 5.41) is 14.2. The average molecular weight is 523 g/mol. The molecule has 0 bridgehead atoms. The zero-order valence-electron chi connectivity index (χ0n) is 18.1. The number of carbonyl (C=O) groups is 3. The molecule has 0 aliphatic carbocycles. The fraction of sp³-hybridized carbons (Fsp3) is 0.400. The second-order valence-corrected chi connectivity index (χ2v) is 7.57. The maximum Gasteiger partial charge on any atom is 0.490 e. The van der Waals surface area contributed by atoms with Crippen molar-refractivity contribution < 1.29 is 50.9 Å². The van der Waals surface area contributed by atoms with Crippen LogP contribution in [0.5, 0.6) is 0 Å². The highest BCUT2D eigenvalue weighted by molar-refractivity contribution is 5.97. The number of alkyl halides is 6. The van der Waals surface area contributed by atoms with Gasteiger partial charge in [-0.1, -0.05) is 6.07 Å². The number of carbonyl (C=O) groups excluding carboxylic acids is 1. The Hall–Kier alpha value is -3.82. The van der Waals surface area contributed by atoms with Gasteiger partial charge in [0.2, 0.25) is 5.91 Å². The minimum Gasteiger partial charge on any atom is -0.475 e. The number of aromatic nitrogens is 3. The summed E-state index contributed by atoms with van der Waals surface area (Å²) >= 11 is 0. The number of pyridine rings is 1. The molecule has 2 aliphatic heterocycles. The van der Waals surface area contributed by atoms with Crippen LogP contribution in [0.3, 0.4) is 0 Å². The van der Waals surface area contributed by atoms with Crippen molar-refractivity contribution in [2.45, 2.75) is 18.9 Å². The van der Waals surface area contributed by atoms with Gasteiger partial charge in [-0.2, -0.15) is 26.3 Å². The third kappa shape index (κ3) is 8.14. The second kappa shape index (κ2) is 11.7. The van der Waals surface area contributed by atoms with Gasteiger partial charge in [0.05, 0.1) is 24.0 Å². The summed E-state index contributed by atoms with van der Waals surface area (Å²) in [6, 6.07) is 4.03. The maximum absolute atomic E-state index is 12.6. The van der Waals surface area contributed by atoms with Crippen LogP contribution in [0.25, 0.3) is 0 Å². The van der Waals surface area contributed by atoms with Gasteiger partial charge in [-0.15, -0.1) is 0 Å². The molecule has 0 radical (unpaired) electrons. The third-order valence-electron chi connectivity index (χ3n) is 4.99. The topological polar surface area (TPSA) is 137 Å². The summed E-state index contributed by atoms with van der Waals surface area (Å²) in [5.41, 5.74) is 2.00. The first-order valence-electron chi connectivity index (χ1n) is 9.98. The van der Waals surface area contributed by atoms with Gasteiger partial charge < -0.3 is 15.1 Å². The Morgan fingerprint density at radius 2 is 1.47 bits per heavy atom. The van der Waals surface area contributed by atoms with Crippen LogP contribution in [0.2, 0.25) is 0 Å². The molecule has 0 saturated carbocycles. The van der Waals surface area contributed by atoms with Gasteiger partial charge in [0.1, 0.15) is 6.33 Å². The Morgan fingerprint density at radius 3 is 1.92 bits per heavy atom. The molecule has 196 valence electrons. The first kappa shape index (κ1) is 28.4. The van der Waals surface area contributed by atoms with E-state index in [1.165, 1.54) is 11.9 Å². The molecular formula is C20H19F6N5O5. The van der Waals surface area contributed by atoms with E-state index in [2.05, 4.69) is 25.9 Å². The number of hydrogen-bond donors (Lipinski definition) is 2. The Morgan fingerprint density at radius 1 is 0.917 bits per heavy atom. The molecule has 4 rings (SSSR count). The molecule has 2 N–H and O–H groups in total. The van der Waals surface area contributed by atoms with E-state index in [4.69, 9.17) is 19.8 Å². The van der Waals surface area contributed by atoms with Gasteiger partial charge in [-0.3, -0.25) is 14.7 Å². The lowest BCUT2D eigenvalue weighted by atomic mass is 10.0. The lowest BCUT2D eigenvalue weighted by molar-refractivity contribution is -0.193. The number of carboxylic acids is 2. The summed E-state index contributed by atoms with van der Waals surface area (Å²) in [6.45, 7) is 3.40. The summed E-state index contributed by atoms with van der Waals surface area (Å²) in [6.07, 6.45) is -1.59. The van der Waals surface area contributed by atoms with Gasteiger partial charge in [0, 0.05) is 44.5 Å². The minimum absolute atomic E-state index is 0.0943. The lowest BCUT2D eigenvalue weighted by Gasteiger charge is -2.21. The molecule has 2 aliphatic rings. The molecule has 2 fully saturated rings. The van der Waals surface area contributed by atoms with Crippen LogP contribution in [0.1, 0.15) is 5.56 Å². The number of hydrogen-bond acceptors (Lipinski definition) is 7. The normalized spacial score (nSPS) is 19.5. The predicted octanol–water partition coefficient (Wildman–Crippen LogP) is 2.23. The second-order valence-electron chi connectivity index (χ2n) is 7.57. The van der Waals surface area contributed by atoms with Gasteiger partial charge >= 0.3 is 24.3 Å². The summed E-state index contributed by atoms with van der Waals surface area (Å²) < 4.78 is 63.5. The number of amides is 1. The summed E-state index contributed by atoms with van der Waals surface area (Å²) in [5.74, 6) is -4.82. The summed E-state index contributed by atoms with van der Waals surface area (Å²) in [4.78, 5) is 46.8. The van der Waals surface area contributed by atoms with Crippen LogP contribution in [0.15, 0.2) is 43.2 Å². The molecule has 2 saturated heterocycles. The number of carboxylic acid groups (broad SMARTS) is 2. The smallest absolute Gasteiger partial charge is 0.475 e. The first-order valence-corrected chi connectivity index (χ1v) is 9.98. The van der Waals surface area contributed by atoms with Crippen LogP contribution >= 0.6 is 0 Å². The number of likely N-dealkylation sites (tertiary alicyclic amines) is 1. The van der Waals surface area contributed by atoms with E-state index in [-0.39, 0.29) is 11.8 Å². The number of aliphatic carboxylic acids is 2. The standard InChI is InChI=1S/C16H17N5O.2C2HF3O2/c22-16-15-10-20(7-12-2-1-3-17-4-12)8-13(15)9-21(16)14-5-18-11-19-6-14;2*3-2(4,5)1(6)7/h1-6,11,13,15H,7-10H2;2*(H,6,7)/t13-,15-;;/m0../s1. The highest BCUT2D eigenvalue weighted by atomic mass is 19.4. The van der Waals surface area contributed by atoms with E-state index in [1.807, 2.05) is 17.2 Å². The van der Waals surface area contributed by atoms with E-state index in [9.17, 15) is 31.1 Å². The van der Waals surface area contributed by atoms with Crippen molar-refractivity contribution in [3.05, 3.63) is 48.8 Å². The maximum atomic E-state index is 12.6. The number of halogens is 6. The minimum atomic E-state index is -5.08. The van der Waals surface area contributed by atoms with Gasteiger partial charge in [0.15, 0.2) is 0 Å². The van der Waals surface area contributed by atoms with Crippen LogP contribution < -0.4 is 4.90 Å². The largest absolute Gasteiger partial charge is 0.490 e. The monoisotopic (exact) mass is 523 g/mol. The Kier molecular flexibility index (Phi) is 9.27. The third-order valence-corrected chi connectivity index (χ3v) is 4.99. The molecule has 1 amide bonds. The SMILES string of the molecule is O=C(O)C(F)(F)F.O=C(O)C(F)(F)F.O=C1[C@H]2CN(Cc3cccnc3)C[C@H]2CN1c1cncnc1. The van der Waals surface area contributed by atoms with Crippen molar-refractivity contribution in [3.63, 3.8) is 0 Å². The first-order chi connectivity index (χ1) is 16.7. The van der Waals surface area contributed by atoms with Crippen LogP contribution in [0, 0.1) is 11.8 Å². The number of rotatable bonds is 3. The van der Waals surface area contributed by atoms with Gasteiger partial charge in [0.25, 0.3) is 0 Å². The molecule has 4 heterocycles. The van der Waals surface area contributed by atoms with Crippen LogP contribution in [-0.4, -0.2) is 79.9 Å². The Bertz CT molecular complexity index is 1010. The number of fused-ring (bicyclic) bond motifs is 1. The molecular weight excluding hydrogens is 504 g/mol. The molecule has 2 aromatic rings. The van der Waals surface area contributed by atoms with Crippen LogP contribution in [0.4, 0.5) is 32.0 Å². The molecule has 0 aromatic carbocycles. The van der Waals surface area contributed by atoms with E-state index in [0.29, 0.717) is 5.92 Å². The van der Waals surface area contributed by atoms with Gasteiger partial charge in [-0.25, -0.2) is 19.6 Å². The Labute approximate surface area is 199 Å². The fourth-order valence-corrected chi connectivity index (χ4v) is 3.49. The van der Waals surface area contributed by atoms with E-state index in [1.54, 1.807) is 18.6 Å². The lowest BCUT2D eigenvalue weighted by Crippen LogP contribution is -2.32. The zero-order chi connectivity index (χ0) is 27.1. The van der Waals surface area contributed by atoms with Crippen molar-refractivity contribution in [2.24, 2.45) is 11.8 Å². The van der Waals surface area contributed by atoms with E-state index >= 15 is 0 Å². The molecule has 0 unspecified atom stereocenters. The van der Waals surface area contributed by atoms with Crippen LogP contribution in [-0.2, 0) is 20.9 Å². The van der Waals surface area contributed by atoms with Gasteiger partial charge in [-0.05, 0) is 11.6 Å². The van der Waals surface area contributed by atoms with Crippen molar-refractivity contribution in [2.75, 3.05) is 24.5 Å². The van der Waals surface area contributed by atoms with Crippen molar-refractivity contribution in [1.29, 1.82) is 0 Å². The quantitative estimate of drug-likeness (QED) is 0.581. The summed E-state index contributed by atoms with van der Waals surface area (Å²) in [7, 11) is 0. The molecule has 2 atom stereocenters. The molecule has 0 spiro atoms. The number of anilines is 1. The predicted molar refractivity (Wildman–Crippen MR) is 108 cm³/mol.